The number of fused-ring (bicyclic) bond motifs is 4. The van der Waals surface area contributed by atoms with Gasteiger partial charge >= 0.3 is 0 Å². The smallest absolute Gasteiger partial charge is 0.274 e. The third kappa shape index (κ3) is 8.17. The van der Waals surface area contributed by atoms with Gasteiger partial charge in [-0.2, -0.15) is 5.10 Å². The lowest BCUT2D eigenvalue weighted by Gasteiger charge is -2.23. The Kier molecular flexibility index (Phi) is 10.7. The molecule has 4 heterocycles. The minimum Gasteiger partial charge on any atom is -0.446 e. The molecule has 1 aromatic carbocycles. The second kappa shape index (κ2) is 15.1. The molecule has 0 radical (unpaired) electrons. The van der Waals surface area contributed by atoms with Crippen LogP contribution in [0.15, 0.2) is 57.7 Å². The number of hydrogen-bond donors (Lipinski definition) is 3. The fraction of sp³-hybridized carbons (Fsp3) is 0.441. The van der Waals surface area contributed by atoms with E-state index in [0.717, 1.165) is 11.3 Å². The van der Waals surface area contributed by atoms with E-state index in [1.54, 1.807) is 10.7 Å². The number of nitrogens with zero attached hydrogens (tertiary/aromatic N) is 5. The lowest BCUT2D eigenvalue weighted by Crippen LogP contribution is -2.49. The minimum atomic E-state index is -0.957. The average molecular weight is 659 g/mol. The molecular formula is C34H42N8O6. The third-order valence-corrected chi connectivity index (χ3v) is 7.99. The highest BCUT2D eigenvalue weighted by Crippen LogP contribution is 2.23. The van der Waals surface area contributed by atoms with Gasteiger partial charge in [-0.15, -0.1) is 0 Å². The number of rotatable bonds is 7. The number of aromatic nitrogens is 4. The van der Waals surface area contributed by atoms with Crippen LogP contribution in [0.3, 0.4) is 0 Å². The Hall–Kier alpha value is -5.27. The molecule has 0 fully saturated rings. The molecule has 14 nitrogen and oxygen atoms in total. The highest BCUT2D eigenvalue weighted by molar-refractivity contribution is 5.96. The van der Waals surface area contributed by atoms with Crippen LogP contribution in [0.5, 0.6) is 0 Å². The topological polar surface area (TPSA) is 177 Å². The van der Waals surface area contributed by atoms with Gasteiger partial charge in [-0.05, 0) is 36.8 Å². The number of oxazole rings is 1. The van der Waals surface area contributed by atoms with E-state index in [2.05, 4.69) is 31.2 Å². The maximum atomic E-state index is 14.0. The summed E-state index contributed by atoms with van der Waals surface area (Å²) >= 11 is 0. The molecule has 5 rings (SSSR count). The Morgan fingerprint density at radius 1 is 1.00 bits per heavy atom. The summed E-state index contributed by atoms with van der Waals surface area (Å²) in [5, 5.41) is 17.1. The van der Waals surface area contributed by atoms with E-state index in [1.165, 1.54) is 17.2 Å². The molecule has 4 amide bonds. The van der Waals surface area contributed by atoms with Crippen molar-refractivity contribution < 1.29 is 28.1 Å². The number of nitrogens with one attached hydrogen (secondary N) is 3. The number of carbonyl (C=O) groups is 4. The van der Waals surface area contributed by atoms with Crippen molar-refractivity contribution in [2.24, 2.45) is 5.92 Å². The first-order valence-electron chi connectivity index (χ1n) is 16.2. The van der Waals surface area contributed by atoms with E-state index < -0.39 is 29.8 Å². The predicted molar refractivity (Wildman–Crippen MR) is 174 cm³/mol. The molecule has 1 aliphatic rings. The van der Waals surface area contributed by atoms with Gasteiger partial charge in [0.2, 0.25) is 11.8 Å². The highest BCUT2D eigenvalue weighted by atomic mass is 16.5. The van der Waals surface area contributed by atoms with Gasteiger partial charge in [0, 0.05) is 32.1 Å². The summed E-state index contributed by atoms with van der Waals surface area (Å²) in [5.41, 5.74) is 1.99. The Morgan fingerprint density at radius 3 is 2.44 bits per heavy atom. The van der Waals surface area contributed by atoms with Crippen LogP contribution in [0.25, 0.3) is 0 Å². The molecule has 1 aliphatic heterocycles. The van der Waals surface area contributed by atoms with Crippen molar-refractivity contribution in [2.45, 2.75) is 78.6 Å². The minimum absolute atomic E-state index is 0.00884. The van der Waals surface area contributed by atoms with E-state index in [1.807, 2.05) is 65.0 Å². The molecule has 4 bridgehead atoms. The van der Waals surface area contributed by atoms with E-state index in [-0.39, 0.29) is 66.8 Å². The molecule has 3 aromatic heterocycles. The SMILES string of the molecule is CCn1nc(C(C)C)cc1C(=O)N1CCNC(=O)[C@H](Cc2ccccc2)NC(=O)c2coc(n2)[C@@H](CC(C)C)NC(=O)c2cc(on2)C1. The number of benzene rings is 1. The maximum Gasteiger partial charge on any atom is 0.274 e. The van der Waals surface area contributed by atoms with Crippen molar-refractivity contribution >= 4 is 23.6 Å². The first kappa shape index (κ1) is 34.1. The first-order valence-corrected chi connectivity index (χ1v) is 16.2. The normalized spacial score (nSPS) is 17.9. The fourth-order valence-corrected chi connectivity index (χ4v) is 5.43. The molecule has 3 N–H and O–H groups in total. The summed E-state index contributed by atoms with van der Waals surface area (Å²) in [6.45, 7) is 10.5. The van der Waals surface area contributed by atoms with Crippen molar-refractivity contribution in [3.63, 3.8) is 0 Å². The van der Waals surface area contributed by atoms with E-state index in [0.29, 0.717) is 18.7 Å². The average Bonchev–Trinajstić information content (AvgIpc) is 3.83. The molecule has 254 valence electrons. The highest BCUT2D eigenvalue weighted by Gasteiger charge is 2.29. The fourth-order valence-electron chi connectivity index (χ4n) is 5.43. The molecule has 14 heteroatoms. The summed E-state index contributed by atoms with van der Waals surface area (Å²) in [6, 6.07) is 10.9. The van der Waals surface area contributed by atoms with E-state index in [9.17, 15) is 19.2 Å². The van der Waals surface area contributed by atoms with E-state index >= 15 is 0 Å². The van der Waals surface area contributed by atoms with Gasteiger partial charge in [-0.1, -0.05) is 63.2 Å². The Bertz CT molecular complexity index is 1740. The van der Waals surface area contributed by atoms with Crippen LogP contribution in [0.4, 0.5) is 0 Å². The summed E-state index contributed by atoms with van der Waals surface area (Å²) in [5.74, 6) is -1.23. The molecule has 0 unspecified atom stereocenters. The zero-order valence-corrected chi connectivity index (χ0v) is 27.9. The van der Waals surface area contributed by atoms with Crippen molar-refractivity contribution in [2.75, 3.05) is 13.1 Å². The molecule has 0 saturated carbocycles. The van der Waals surface area contributed by atoms with Crippen LogP contribution in [0.2, 0.25) is 0 Å². The molecule has 48 heavy (non-hydrogen) atoms. The van der Waals surface area contributed by atoms with Gasteiger partial charge in [0.1, 0.15) is 24.0 Å². The number of aryl methyl sites for hydroxylation is 1. The van der Waals surface area contributed by atoms with Crippen molar-refractivity contribution in [3.8, 4) is 0 Å². The molecule has 4 aromatic rings. The zero-order valence-electron chi connectivity index (χ0n) is 27.9. The molecule has 0 saturated heterocycles. The van der Waals surface area contributed by atoms with Gasteiger partial charge < -0.3 is 29.8 Å². The summed E-state index contributed by atoms with van der Waals surface area (Å²) in [6.07, 6.45) is 1.88. The Balaban J connectivity index is 1.49. The molecular weight excluding hydrogens is 616 g/mol. The monoisotopic (exact) mass is 658 g/mol. The van der Waals surface area contributed by atoms with Gasteiger partial charge in [0.15, 0.2) is 17.1 Å². The van der Waals surface area contributed by atoms with Crippen molar-refractivity contribution in [3.05, 3.63) is 88.7 Å². The van der Waals surface area contributed by atoms with Gasteiger partial charge in [0.05, 0.1) is 12.2 Å². The van der Waals surface area contributed by atoms with Gasteiger partial charge in [-0.3, -0.25) is 23.9 Å². The zero-order chi connectivity index (χ0) is 34.4. The second-order valence-electron chi connectivity index (χ2n) is 12.6. The molecule has 2 atom stereocenters. The van der Waals surface area contributed by atoms with Crippen LogP contribution in [0, 0.1) is 5.92 Å². The van der Waals surface area contributed by atoms with Crippen LogP contribution in [0.1, 0.15) is 107 Å². The van der Waals surface area contributed by atoms with Crippen LogP contribution in [-0.4, -0.2) is 67.6 Å². The number of hydrogen-bond acceptors (Lipinski definition) is 9. The summed E-state index contributed by atoms with van der Waals surface area (Å²) < 4.78 is 12.8. The first-order chi connectivity index (χ1) is 23.0. The van der Waals surface area contributed by atoms with Gasteiger partial charge in [0.25, 0.3) is 17.7 Å². The summed E-state index contributed by atoms with van der Waals surface area (Å²) in [4.78, 5) is 60.2. The largest absolute Gasteiger partial charge is 0.446 e. The van der Waals surface area contributed by atoms with Crippen LogP contribution in [-0.2, 0) is 24.3 Å². The number of amides is 4. The lowest BCUT2D eigenvalue weighted by atomic mass is 10.0. The van der Waals surface area contributed by atoms with Crippen molar-refractivity contribution in [1.29, 1.82) is 0 Å². The Morgan fingerprint density at radius 2 is 1.73 bits per heavy atom. The maximum absolute atomic E-state index is 14.0. The quantitative estimate of drug-likeness (QED) is 0.268. The Labute approximate surface area is 278 Å². The van der Waals surface area contributed by atoms with E-state index in [4.69, 9.17) is 8.94 Å². The lowest BCUT2D eigenvalue weighted by molar-refractivity contribution is -0.123. The number of carbonyl (C=O) groups excluding carboxylic acids is 4. The van der Waals surface area contributed by atoms with Crippen LogP contribution < -0.4 is 16.0 Å². The third-order valence-electron chi connectivity index (χ3n) is 7.99. The molecule has 0 spiro atoms. The second-order valence-corrected chi connectivity index (χ2v) is 12.6. The summed E-state index contributed by atoms with van der Waals surface area (Å²) in [7, 11) is 0. The standard InChI is InChI=1S/C34H42N8O6/c1-6-42-29(17-24(39-42)21(4)5)34(46)41-13-12-35-30(43)25(15-22-10-8-7-9-11-22)36-32(45)28-19-47-33(38-28)27(14-20(2)3)37-31(44)26-16-23(18-41)48-40-26/h7-11,16-17,19-21,25,27H,6,12-15,18H2,1-5H3,(H,35,43)(H,36,45)(H,37,44)/t25-,27+/m0/s1. The van der Waals surface area contributed by atoms with Gasteiger partial charge in [-0.25, -0.2) is 4.98 Å². The predicted octanol–water partition coefficient (Wildman–Crippen LogP) is 3.63. The van der Waals surface area contributed by atoms with Crippen molar-refractivity contribution in [1.82, 2.24) is 40.8 Å². The molecule has 0 aliphatic carbocycles. The van der Waals surface area contributed by atoms with Crippen LogP contribution >= 0.6 is 0 Å².